The summed E-state index contributed by atoms with van der Waals surface area (Å²) in [6.07, 6.45) is 1.68. The minimum atomic E-state index is -0.501. The van der Waals surface area contributed by atoms with Crippen LogP contribution in [0, 0.1) is 5.92 Å². The maximum atomic E-state index is 10.6. The van der Waals surface area contributed by atoms with E-state index in [9.17, 15) is 4.79 Å². The fourth-order valence-corrected chi connectivity index (χ4v) is 1.79. The minimum Gasteiger partial charge on any atom is -0.430 e. The Bertz CT molecular complexity index is 182. The molecule has 1 atom stereocenters. The van der Waals surface area contributed by atoms with E-state index in [1.54, 1.807) is 0 Å². The third-order valence-electron chi connectivity index (χ3n) is 2.52. The van der Waals surface area contributed by atoms with Crippen molar-refractivity contribution in [3.8, 4) is 0 Å². The highest BCUT2D eigenvalue weighted by molar-refractivity contribution is 5.85. The number of halogens is 1. The normalized spacial score (nSPS) is 28.9. The van der Waals surface area contributed by atoms with Crippen LogP contribution in [0.4, 0.5) is 4.79 Å². The van der Waals surface area contributed by atoms with Crippen molar-refractivity contribution in [1.82, 2.24) is 5.32 Å². The molecule has 0 saturated carbocycles. The SMILES string of the molecule is Cl.O=C1OCC(C2CCNCC2)O1. The van der Waals surface area contributed by atoms with Crippen LogP contribution in [0.15, 0.2) is 0 Å². The second kappa shape index (κ2) is 4.67. The summed E-state index contributed by atoms with van der Waals surface area (Å²) < 4.78 is 9.75. The molecule has 0 aromatic heterocycles. The molecule has 5 heteroatoms. The summed E-state index contributed by atoms with van der Waals surface area (Å²) in [5, 5.41) is 3.27. The van der Waals surface area contributed by atoms with Crippen LogP contribution in [0.5, 0.6) is 0 Å². The van der Waals surface area contributed by atoms with Crippen LogP contribution in [0.3, 0.4) is 0 Å². The van der Waals surface area contributed by atoms with Gasteiger partial charge in [0.05, 0.1) is 0 Å². The van der Waals surface area contributed by atoms with Crippen LogP contribution in [0.1, 0.15) is 12.8 Å². The molecule has 0 bridgehead atoms. The molecule has 2 saturated heterocycles. The number of carbonyl (C=O) groups is 1. The molecule has 1 unspecified atom stereocenters. The van der Waals surface area contributed by atoms with Gasteiger partial charge < -0.3 is 14.8 Å². The van der Waals surface area contributed by atoms with Gasteiger partial charge in [-0.1, -0.05) is 0 Å². The maximum absolute atomic E-state index is 10.6. The number of hydrogen-bond acceptors (Lipinski definition) is 4. The van der Waals surface area contributed by atoms with E-state index in [0.717, 1.165) is 25.9 Å². The molecule has 0 radical (unpaired) electrons. The lowest BCUT2D eigenvalue weighted by molar-refractivity contribution is 0.0882. The second-order valence-corrected chi connectivity index (χ2v) is 3.30. The lowest BCUT2D eigenvalue weighted by Crippen LogP contribution is -2.35. The van der Waals surface area contributed by atoms with E-state index < -0.39 is 6.16 Å². The molecule has 0 amide bonds. The number of nitrogens with one attached hydrogen (secondary N) is 1. The molecule has 2 aliphatic rings. The smallest absolute Gasteiger partial charge is 0.430 e. The highest BCUT2D eigenvalue weighted by Gasteiger charge is 2.33. The quantitative estimate of drug-likeness (QED) is 0.651. The molecule has 0 aromatic rings. The van der Waals surface area contributed by atoms with E-state index in [1.165, 1.54) is 0 Å². The topological polar surface area (TPSA) is 47.6 Å². The second-order valence-electron chi connectivity index (χ2n) is 3.30. The van der Waals surface area contributed by atoms with Crippen molar-refractivity contribution in [3.63, 3.8) is 0 Å². The Labute approximate surface area is 83.4 Å². The molecule has 0 aromatic carbocycles. The van der Waals surface area contributed by atoms with Crippen LogP contribution < -0.4 is 5.32 Å². The van der Waals surface area contributed by atoms with Crippen molar-refractivity contribution in [2.45, 2.75) is 18.9 Å². The molecular weight excluding hydrogens is 194 g/mol. The predicted molar refractivity (Wildman–Crippen MR) is 49.1 cm³/mol. The lowest BCUT2D eigenvalue weighted by atomic mass is 9.93. The summed E-state index contributed by atoms with van der Waals surface area (Å²) in [5.41, 5.74) is 0. The highest BCUT2D eigenvalue weighted by atomic mass is 35.5. The summed E-state index contributed by atoms with van der Waals surface area (Å²) in [5.74, 6) is 0.498. The van der Waals surface area contributed by atoms with E-state index in [-0.39, 0.29) is 18.5 Å². The summed E-state index contributed by atoms with van der Waals surface area (Å²) in [6, 6.07) is 0. The van der Waals surface area contributed by atoms with Gasteiger partial charge in [0.25, 0.3) is 0 Å². The van der Waals surface area contributed by atoms with Crippen LogP contribution in [-0.4, -0.2) is 32.0 Å². The Hall–Kier alpha value is -0.480. The summed E-state index contributed by atoms with van der Waals surface area (Å²) in [7, 11) is 0. The van der Waals surface area contributed by atoms with E-state index in [0.29, 0.717) is 12.5 Å². The average molecular weight is 208 g/mol. The van der Waals surface area contributed by atoms with Crippen molar-refractivity contribution >= 4 is 18.6 Å². The van der Waals surface area contributed by atoms with Gasteiger partial charge in [0.2, 0.25) is 0 Å². The van der Waals surface area contributed by atoms with Gasteiger partial charge in [-0.2, -0.15) is 0 Å². The van der Waals surface area contributed by atoms with Gasteiger partial charge in [0.1, 0.15) is 12.7 Å². The van der Waals surface area contributed by atoms with Gasteiger partial charge in [-0.15, -0.1) is 12.4 Å². The number of rotatable bonds is 1. The number of carbonyl (C=O) groups excluding carboxylic acids is 1. The van der Waals surface area contributed by atoms with E-state index in [2.05, 4.69) is 5.32 Å². The zero-order valence-corrected chi connectivity index (χ0v) is 8.14. The van der Waals surface area contributed by atoms with Crippen molar-refractivity contribution in [2.24, 2.45) is 5.92 Å². The Morgan fingerprint density at radius 3 is 2.54 bits per heavy atom. The molecule has 1 N–H and O–H groups in total. The lowest BCUT2D eigenvalue weighted by Gasteiger charge is -2.25. The van der Waals surface area contributed by atoms with Crippen LogP contribution >= 0.6 is 12.4 Å². The molecular formula is C8H14ClNO3. The Morgan fingerprint density at radius 1 is 1.31 bits per heavy atom. The summed E-state index contributed by atoms with van der Waals surface area (Å²) in [4.78, 5) is 10.6. The van der Waals surface area contributed by atoms with Gasteiger partial charge >= 0.3 is 6.16 Å². The molecule has 2 aliphatic heterocycles. The average Bonchev–Trinajstić information content (AvgIpc) is 2.54. The van der Waals surface area contributed by atoms with Gasteiger partial charge in [-0.3, -0.25) is 0 Å². The summed E-state index contributed by atoms with van der Waals surface area (Å²) >= 11 is 0. The van der Waals surface area contributed by atoms with Gasteiger partial charge in [-0.05, 0) is 25.9 Å². The van der Waals surface area contributed by atoms with Gasteiger partial charge in [0.15, 0.2) is 0 Å². The van der Waals surface area contributed by atoms with Gasteiger partial charge in [-0.25, -0.2) is 4.79 Å². The molecule has 0 spiro atoms. The Kier molecular flexibility index (Phi) is 3.81. The number of cyclic esters (lactones) is 2. The first kappa shape index (κ1) is 10.6. The minimum absolute atomic E-state index is 0. The van der Waals surface area contributed by atoms with Crippen molar-refractivity contribution in [1.29, 1.82) is 0 Å². The predicted octanol–water partition coefficient (Wildman–Crippen LogP) is 0.943. The number of piperidine rings is 1. The monoisotopic (exact) mass is 207 g/mol. The van der Waals surface area contributed by atoms with Crippen LogP contribution in [0.2, 0.25) is 0 Å². The van der Waals surface area contributed by atoms with Gasteiger partial charge in [0, 0.05) is 5.92 Å². The highest BCUT2D eigenvalue weighted by Crippen LogP contribution is 2.22. The zero-order chi connectivity index (χ0) is 8.39. The maximum Gasteiger partial charge on any atom is 0.508 e. The number of ether oxygens (including phenoxy) is 2. The first-order valence-corrected chi connectivity index (χ1v) is 4.40. The van der Waals surface area contributed by atoms with E-state index in [1.807, 2.05) is 0 Å². The van der Waals surface area contributed by atoms with E-state index >= 15 is 0 Å². The first-order valence-electron chi connectivity index (χ1n) is 4.40. The summed E-state index contributed by atoms with van der Waals surface area (Å²) in [6.45, 7) is 2.50. The molecule has 76 valence electrons. The Morgan fingerprint density at radius 2 is 2.00 bits per heavy atom. The molecule has 13 heavy (non-hydrogen) atoms. The van der Waals surface area contributed by atoms with E-state index in [4.69, 9.17) is 9.47 Å². The zero-order valence-electron chi connectivity index (χ0n) is 7.32. The molecule has 2 rings (SSSR count). The Balaban J connectivity index is 0.000000845. The van der Waals surface area contributed by atoms with Crippen molar-refractivity contribution in [2.75, 3.05) is 19.7 Å². The molecule has 0 aliphatic carbocycles. The molecule has 4 nitrogen and oxygen atoms in total. The first-order chi connectivity index (χ1) is 5.86. The molecule has 2 heterocycles. The fourth-order valence-electron chi connectivity index (χ4n) is 1.79. The largest absolute Gasteiger partial charge is 0.508 e. The van der Waals surface area contributed by atoms with Crippen LogP contribution in [-0.2, 0) is 9.47 Å². The third kappa shape index (κ3) is 2.48. The molecule has 2 fully saturated rings. The third-order valence-corrected chi connectivity index (χ3v) is 2.52. The number of hydrogen-bond donors (Lipinski definition) is 1. The fraction of sp³-hybridized carbons (Fsp3) is 0.875. The standard InChI is InChI=1S/C8H13NO3.ClH/c10-8-11-5-7(12-8)6-1-3-9-4-2-6;/h6-7,9H,1-5H2;1H. The van der Waals surface area contributed by atoms with Crippen LogP contribution in [0.25, 0.3) is 0 Å². The van der Waals surface area contributed by atoms with Crippen molar-refractivity contribution in [3.05, 3.63) is 0 Å². The van der Waals surface area contributed by atoms with Crippen molar-refractivity contribution < 1.29 is 14.3 Å².